The monoisotopic (exact) mass is 276 g/mol. The SMILES string of the molecule is CC1(C)OCCC1NC(=O)c1ccc2oc(=O)[nH]c2c1. The van der Waals surface area contributed by atoms with Gasteiger partial charge in [0.05, 0.1) is 17.2 Å². The molecular formula is C14H16N2O4. The fourth-order valence-electron chi connectivity index (χ4n) is 2.47. The summed E-state index contributed by atoms with van der Waals surface area (Å²) in [5, 5.41) is 2.97. The Morgan fingerprint density at radius 3 is 2.95 bits per heavy atom. The minimum absolute atomic E-state index is 0.0194. The Kier molecular flexibility index (Phi) is 2.90. The molecule has 1 unspecified atom stereocenters. The standard InChI is InChI=1S/C14H16N2O4/c1-14(2)11(5-6-19-14)16-12(17)8-3-4-10-9(7-8)15-13(18)20-10/h3-4,7,11H,5-6H2,1-2H3,(H,15,18)(H,16,17). The summed E-state index contributed by atoms with van der Waals surface area (Å²) in [7, 11) is 0. The van der Waals surface area contributed by atoms with Gasteiger partial charge in [0.1, 0.15) is 0 Å². The van der Waals surface area contributed by atoms with Crippen molar-refractivity contribution in [3.8, 4) is 0 Å². The molecule has 3 rings (SSSR count). The van der Waals surface area contributed by atoms with Crippen LogP contribution in [0.4, 0.5) is 0 Å². The zero-order valence-corrected chi connectivity index (χ0v) is 11.4. The molecule has 1 amide bonds. The maximum Gasteiger partial charge on any atom is 0.417 e. The number of ether oxygens (including phenoxy) is 1. The molecule has 6 nitrogen and oxygen atoms in total. The Balaban J connectivity index is 1.83. The minimum atomic E-state index is -0.525. The van der Waals surface area contributed by atoms with Crippen LogP contribution in [0.15, 0.2) is 27.4 Å². The van der Waals surface area contributed by atoms with Crippen LogP contribution in [0.5, 0.6) is 0 Å². The van der Waals surface area contributed by atoms with Crippen LogP contribution < -0.4 is 11.1 Å². The summed E-state index contributed by atoms with van der Waals surface area (Å²) < 4.78 is 10.5. The second-order valence-corrected chi connectivity index (χ2v) is 5.49. The van der Waals surface area contributed by atoms with Crippen molar-refractivity contribution < 1.29 is 13.9 Å². The smallest absolute Gasteiger partial charge is 0.408 e. The number of hydrogen-bond acceptors (Lipinski definition) is 4. The number of aromatic nitrogens is 1. The highest BCUT2D eigenvalue weighted by molar-refractivity contribution is 5.97. The van der Waals surface area contributed by atoms with Crippen molar-refractivity contribution >= 4 is 17.0 Å². The maximum atomic E-state index is 12.2. The van der Waals surface area contributed by atoms with E-state index in [-0.39, 0.29) is 17.6 Å². The predicted octanol–water partition coefficient (Wildman–Crippen LogP) is 1.42. The lowest BCUT2D eigenvalue weighted by molar-refractivity contribution is 0.0213. The first-order chi connectivity index (χ1) is 9.45. The minimum Gasteiger partial charge on any atom is -0.408 e. The Bertz CT molecular complexity index is 713. The van der Waals surface area contributed by atoms with E-state index in [4.69, 9.17) is 9.15 Å². The van der Waals surface area contributed by atoms with E-state index >= 15 is 0 Å². The van der Waals surface area contributed by atoms with Crippen LogP contribution >= 0.6 is 0 Å². The van der Waals surface area contributed by atoms with Crippen LogP contribution in [0.3, 0.4) is 0 Å². The molecule has 0 radical (unpaired) electrons. The zero-order chi connectivity index (χ0) is 14.3. The molecule has 1 fully saturated rings. The number of aromatic amines is 1. The second-order valence-electron chi connectivity index (χ2n) is 5.49. The number of carbonyl (C=O) groups is 1. The number of oxazole rings is 1. The second kappa shape index (κ2) is 4.49. The van der Waals surface area contributed by atoms with Crippen LogP contribution in [-0.4, -0.2) is 29.1 Å². The molecule has 106 valence electrons. The van der Waals surface area contributed by atoms with Crippen molar-refractivity contribution in [2.45, 2.75) is 31.9 Å². The topological polar surface area (TPSA) is 84.3 Å². The number of benzene rings is 1. The third-order valence-electron chi connectivity index (χ3n) is 3.71. The van der Waals surface area contributed by atoms with Gasteiger partial charge >= 0.3 is 5.76 Å². The molecule has 2 heterocycles. The van der Waals surface area contributed by atoms with Gasteiger partial charge in [0, 0.05) is 12.2 Å². The third kappa shape index (κ3) is 2.22. The summed E-state index contributed by atoms with van der Waals surface area (Å²) in [6.07, 6.45) is 0.795. The summed E-state index contributed by atoms with van der Waals surface area (Å²) in [4.78, 5) is 25.9. The van der Waals surface area contributed by atoms with Crippen LogP contribution in [0.2, 0.25) is 0 Å². The van der Waals surface area contributed by atoms with Crippen LogP contribution in [0.1, 0.15) is 30.6 Å². The van der Waals surface area contributed by atoms with E-state index in [1.807, 2.05) is 13.8 Å². The van der Waals surface area contributed by atoms with E-state index in [0.717, 1.165) is 6.42 Å². The van der Waals surface area contributed by atoms with E-state index < -0.39 is 5.76 Å². The van der Waals surface area contributed by atoms with Gasteiger partial charge < -0.3 is 14.5 Å². The largest absolute Gasteiger partial charge is 0.417 e. The van der Waals surface area contributed by atoms with Gasteiger partial charge in [-0.3, -0.25) is 9.78 Å². The fraction of sp³-hybridized carbons (Fsp3) is 0.429. The normalized spacial score (nSPS) is 21.2. The third-order valence-corrected chi connectivity index (χ3v) is 3.71. The van der Waals surface area contributed by atoms with Gasteiger partial charge in [-0.2, -0.15) is 0 Å². The summed E-state index contributed by atoms with van der Waals surface area (Å²) in [5.74, 6) is -0.708. The quantitative estimate of drug-likeness (QED) is 0.868. The molecule has 1 aromatic carbocycles. The fourth-order valence-corrected chi connectivity index (χ4v) is 2.47. The number of hydrogen-bond donors (Lipinski definition) is 2. The predicted molar refractivity (Wildman–Crippen MR) is 72.7 cm³/mol. The van der Waals surface area contributed by atoms with Crippen molar-refractivity contribution in [2.24, 2.45) is 0 Å². The van der Waals surface area contributed by atoms with E-state index in [0.29, 0.717) is 23.3 Å². The first kappa shape index (κ1) is 12.9. The highest BCUT2D eigenvalue weighted by Crippen LogP contribution is 2.25. The molecule has 0 bridgehead atoms. The van der Waals surface area contributed by atoms with Gasteiger partial charge in [-0.1, -0.05) is 0 Å². The van der Waals surface area contributed by atoms with Gasteiger partial charge in [-0.05, 0) is 38.5 Å². The maximum absolute atomic E-state index is 12.2. The summed E-state index contributed by atoms with van der Waals surface area (Å²) >= 11 is 0. The Labute approximate surface area is 115 Å². The Morgan fingerprint density at radius 2 is 2.25 bits per heavy atom. The molecule has 1 saturated heterocycles. The number of fused-ring (bicyclic) bond motifs is 1. The summed E-state index contributed by atoms with van der Waals surface area (Å²) in [6, 6.07) is 4.84. The molecule has 1 atom stereocenters. The summed E-state index contributed by atoms with van der Waals surface area (Å²) in [5.41, 5.74) is 1.09. The van der Waals surface area contributed by atoms with Crippen molar-refractivity contribution in [2.75, 3.05) is 6.61 Å². The number of carbonyl (C=O) groups excluding carboxylic acids is 1. The molecule has 1 aliphatic heterocycles. The lowest BCUT2D eigenvalue weighted by Gasteiger charge is -2.26. The van der Waals surface area contributed by atoms with Gasteiger partial charge in [0.25, 0.3) is 5.91 Å². The Morgan fingerprint density at radius 1 is 1.45 bits per heavy atom. The highest BCUT2D eigenvalue weighted by atomic mass is 16.5. The first-order valence-corrected chi connectivity index (χ1v) is 6.53. The first-order valence-electron chi connectivity index (χ1n) is 6.53. The molecule has 2 aromatic rings. The average molecular weight is 276 g/mol. The lowest BCUT2D eigenvalue weighted by atomic mass is 9.98. The van der Waals surface area contributed by atoms with Crippen LogP contribution in [0.25, 0.3) is 11.1 Å². The van der Waals surface area contributed by atoms with Crippen molar-refractivity contribution in [1.29, 1.82) is 0 Å². The molecule has 1 aromatic heterocycles. The number of nitrogens with one attached hydrogen (secondary N) is 2. The lowest BCUT2D eigenvalue weighted by Crippen LogP contribution is -2.46. The molecule has 0 saturated carbocycles. The number of rotatable bonds is 2. The van der Waals surface area contributed by atoms with Crippen LogP contribution in [-0.2, 0) is 4.74 Å². The molecule has 20 heavy (non-hydrogen) atoms. The van der Waals surface area contributed by atoms with E-state index in [1.54, 1.807) is 18.2 Å². The van der Waals surface area contributed by atoms with Crippen molar-refractivity contribution in [3.05, 3.63) is 34.3 Å². The highest BCUT2D eigenvalue weighted by Gasteiger charge is 2.36. The van der Waals surface area contributed by atoms with Crippen molar-refractivity contribution in [3.63, 3.8) is 0 Å². The number of amides is 1. The van der Waals surface area contributed by atoms with Gasteiger partial charge in [0.15, 0.2) is 5.58 Å². The molecule has 1 aliphatic rings. The number of H-pyrrole nitrogens is 1. The average Bonchev–Trinajstić information content (AvgIpc) is 2.90. The molecule has 6 heteroatoms. The molecule has 0 aliphatic carbocycles. The van der Waals surface area contributed by atoms with E-state index in [2.05, 4.69) is 10.3 Å². The van der Waals surface area contributed by atoms with E-state index in [1.165, 1.54) is 0 Å². The summed E-state index contributed by atoms with van der Waals surface area (Å²) in [6.45, 7) is 4.56. The molecule has 0 spiro atoms. The molecular weight excluding hydrogens is 260 g/mol. The van der Waals surface area contributed by atoms with Gasteiger partial charge in [-0.15, -0.1) is 0 Å². The molecule has 2 N–H and O–H groups in total. The van der Waals surface area contributed by atoms with Crippen molar-refractivity contribution in [1.82, 2.24) is 10.3 Å². The van der Waals surface area contributed by atoms with Crippen LogP contribution in [0, 0.1) is 0 Å². The zero-order valence-electron chi connectivity index (χ0n) is 11.4. The Hall–Kier alpha value is -2.08. The van der Waals surface area contributed by atoms with Gasteiger partial charge in [0.2, 0.25) is 0 Å². The van der Waals surface area contributed by atoms with E-state index in [9.17, 15) is 9.59 Å². The van der Waals surface area contributed by atoms with Gasteiger partial charge in [-0.25, -0.2) is 4.79 Å².